The average Bonchev–Trinajstić information content (AvgIpc) is 2.57. The number of ether oxygens (including phenoxy) is 1. The van der Waals surface area contributed by atoms with E-state index in [0.717, 1.165) is 6.29 Å². The summed E-state index contributed by atoms with van der Waals surface area (Å²) in [5, 5.41) is 11.5. The molecule has 0 aromatic heterocycles. The Kier molecular flexibility index (Phi) is 3.58. The van der Waals surface area contributed by atoms with Crippen molar-refractivity contribution in [3.05, 3.63) is 65.7 Å². The minimum Gasteiger partial charge on any atom is -0.504 e. The van der Waals surface area contributed by atoms with Gasteiger partial charge in [-0.1, -0.05) is 24.3 Å². The van der Waals surface area contributed by atoms with Crippen LogP contribution in [0.3, 0.4) is 0 Å². The lowest BCUT2D eigenvalue weighted by Crippen LogP contribution is -1.91. The maximum Gasteiger partial charge on any atom is 0.176 e. The molecule has 3 aromatic carbocycles. The van der Waals surface area contributed by atoms with E-state index in [4.69, 9.17) is 4.74 Å². The van der Waals surface area contributed by atoms with Gasteiger partial charge in [-0.05, 0) is 35.7 Å². The predicted molar refractivity (Wildman–Crippen MR) is 82.9 cm³/mol. The highest BCUT2D eigenvalue weighted by Crippen LogP contribution is 2.39. The first-order chi connectivity index (χ1) is 10.7. The van der Waals surface area contributed by atoms with Gasteiger partial charge in [-0.15, -0.1) is 0 Å². The summed E-state index contributed by atoms with van der Waals surface area (Å²) in [4.78, 5) is 21.8. The zero-order chi connectivity index (χ0) is 15.5. The van der Waals surface area contributed by atoms with Crippen LogP contribution in [0.2, 0.25) is 0 Å². The van der Waals surface area contributed by atoms with Crippen LogP contribution in [-0.4, -0.2) is 17.7 Å². The number of rotatable bonds is 4. The first kappa shape index (κ1) is 13.8. The van der Waals surface area contributed by atoms with Crippen molar-refractivity contribution < 1.29 is 19.4 Å². The Hall–Kier alpha value is -3.14. The first-order valence-corrected chi connectivity index (χ1v) is 6.66. The molecule has 0 saturated heterocycles. The van der Waals surface area contributed by atoms with Gasteiger partial charge in [0.2, 0.25) is 0 Å². The van der Waals surface area contributed by atoms with Gasteiger partial charge in [0.05, 0.1) is 0 Å². The summed E-state index contributed by atoms with van der Waals surface area (Å²) in [6, 6.07) is 15.1. The normalized spacial score (nSPS) is 10.4. The van der Waals surface area contributed by atoms with Gasteiger partial charge in [-0.25, -0.2) is 0 Å². The van der Waals surface area contributed by atoms with Crippen molar-refractivity contribution in [3.63, 3.8) is 0 Å². The van der Waals surface area contributed by atoms with E-state index in [9.17, 15) is 14.7 Å². The lowest BCUT2D eigenvalue weighted by Gasteiger charge is -2.12. The smallest absolute Gasteiger partial charge is 0.176 e. The molecule has 0 aliphatic rings. The number of benzene rings is 3. The van der Waals surface area contributed by atoms with E-state index in [1.54, 1.807) is 42.5 Å². The molecule has 4 nitrogen and oxygen atoms in total. The minimum atomic E-state index is -0.111. The van der Waals surface area contributed by atoms with Crippen LogP contribution in [0.5, 0.6) is 17.2 Å². The SMILES string of the molecule is O=Cc1ccc(Oc2c(O)cc(C=O)c3ccccc23)cc1. The quantitative estimate of drug-likeness (QED) is 0.739. The molecule has 0 aliphatic heterocycles. The fraction of sp³-hybridized carbons (Fsp3) is 0. The molecule has 0 saturated carbocycles. The maximum atomic E-state index is 11.1. The number of fused-ring (bicyclic) bond motifs is 1. The van der Waals surface area contributed by atoms with Gasteiger partial charge in [-0.3, -0.25) is 9.59 Å². The van der Waals surface area contributed by atoms with Crippen molar-refractivity contribution in [2.24, 2.45) is 0 Å². The summed E-state index contributed by atoms with van der Waals surface area (Å²) in [5.41, 5.74) is 0.939. The molecule has 0 bridgehead atoms. The number of aldehydes is 2. The second-order valence-electron chi connectivity index (χ2n) is 4.77. The van der Waals surface area contributed by atoms with Crippen molar-refractivity contribution in [3.8, 4) is 17.2 Å². The lowest BCUT2D eigenvalue weighted by molar-refractivity contribution is 0.111. The van der Waals surface area contributed by atoms with Gasteiger partial charge in [0.25, 0.3) is 0 Å². The van der Waals surface area contributed by atoms with E-state index in [0.29, 0.717) is 33.9 Å². The molecule has 0 aliphatic carbocycles. The van der Waals surface area contributed by atoms with Crippen LogP contribution in [0, 0.1) is 0 Å². The Balaban J connectivity index is 2.11. The van der Waals surface area contributed by atoms with Crippen molar-refractivity contribution in [2.75, 3.05) is 0 Å². The van der Waals surface area contributed by atoms with Crippen LogP contribution < -0.4 is 4.74 Å². The number of phenolic OH excluding ortho intramolecular Hbond substituents is 1. The molecule has 0 spiro atoms. The zero-order valence-electron chi connectivity index (χ0n) is 11.5. The molecule has 0 amide bonds. The van der Waals surface area contributed by atoms with E-state index in [1.807, 2.05) is 6.07 Å². The average molecular weight is 292 g/mol. The van der Waals surface area contributed by atoms with Crippen LogP contribution >= 0.6 is 0 Å². The Morgan fingerprint density at radius 2 is 1.55 bits per heavy atom. The van der Waals surface area contributed by atoms with Crippen LogP contribution in [0.25, 0.3) is 10.8 Å². The van der Waals surface area contributed by atoms with E-state index < -0.39 is 0 Å². The third-order valence-corrected chi connectivity index (χ3v) is 3.37. The highest BCUT2D eigenvalue weighted by atomic mass is 16.5. The number of hydrogen-bond acceptors (Lipinski definition) is 4. The summed E-state index contributed by atoms with van der Waals surface area (Å²) >= 11 is 0. The summed E-state index contributed by atoms with van der Waals surface area (Å²) < 4.78 is 5.74. The van der Waals surface area contributed by atoms with Crippen molar-refractivity contribution >= 4 is 23.3 Å². The van der Waals surface area contributed by atoms with Gasteiger partial charge in [0.15, 0.2) is 17.8 Å². The third-order valence-electron chi connectivity index (χ3n) is 3.37. The maximum absolute atomic E-state index is 11.1. The molecule has 108 valence electrons. The largest absolute Gasteiger partial charge is 0.504 e. The lowest BCUT2D eigenvalue weighted by atomic mass is 10.0. The van der Waals surface area contributed by atoms with Crippen molar-refractivity contribution in [1.29, 1.82) is 0 Å². The molecule has 1 N–H and O–H groups in total. The fourth-order valence-corrected chi connectivity index (χ4v) is 2.30. The van der Waals surface area contributed by atoms with Gasteiger partial charge >= 0.3 is 0 Å². The van der Waals surface area contributed by atoms with Crippen molar-refractivity contribution in [2.45, 2.75) is 0 Å². The van der Waals surface area contributed by atoms with Gasteiger partial charge < -0.3 is 9.84 Å². The van der Waals surface area contributed by atoms with Crippen LogP contribution in [0.15, 0.2) is 54.6 Å². The van der Waals surface area contributed by atoms with Crippen LogP contribution in [0.1, 0.15) is 20.7 Å². The van der Waals surface area contributed by atoms with Crippen LogP contribution in [-0.2, 0) is 0 Å². The second-order valence-corrected chi connectivity index (χ2v) is 4.77. The molecule has 0 unspecified atom stereocenters. The molecule has 0 fully saturated rings. The molecular formula is C18H12O4. The topological polar surface area (TPSA) is 63.6 Å². The summed E-state index contributed by atoms with van der Waals surface area (Å²) in [7, 11) is 0. The second kappa shape index (κ2) is 5.69. The molecule has 22 heavy (non-hydrogen) atoms. The molecule has 3 aromatic rings. The first-order valence-electron chi connectivity index (χ1n) is 6.66. The highest BCUT2D eigenvalue weighted by molar-refractivity contribution is 6.02. The molecule has 0 radical (unpaired) electrons. The highest BCUT2D eigenvalue weighted by Gasteiger charge is 2.13. The van der Waals surface area contributed by atoms with Crippen LogP contribution in [0.4, 0.5) is 0 Å². The fourth-order valence-electron chi connectivity index (χ4n) is 2.30. The zero-order valence-corrected chi connectivity index (χ0v) is 11.5. The predicted octanol–water partition coefficient (Wildman–Crippen LogP) is 3.96. The Labute approximate surface area is 126 Å². The van der Waals surface area contributed by atoms with E-state index in [-0.39, 0.29) is 11.5 Å². The Morgan fingerprint density at radius 1 is 0.864 bits per heavy atom. The van der Waals surface area contributed by atoms with E-state index >= 15 is 0 Å². The van der Waals surface area contributed by atoms with E-state index in [1.165, 1.54) is 6.07 Å². The minimum absolute atomic E-state index is 0.111. The number of hydrogen-bond donors (Lipinski definition) is 1. The van der Waals surface area contributed by atoms with Gasteiger partial charge in [0.1, 0.15) is 12.0 Å². The molecule has 3 rings (SSSR count). The van der Waals surface area contributed by atoms with Gasteiger partial charge in [0, 0.05) is 16.5 Å². The molecule has 0 atom stereocenters. The Bertz CT molecular complexity index is 851. The molecule has 4 heteroatoms. The van der Waals surface area contributed by atoms with Gasteiger partial charge in [-0.2, -0.15) is 0 Å². The molecule has 0 heterocycles. The third kappa shape index (κ3) is 2.42. The number of carbonyl (C=O) groups excluding carboxylic acids is 2. The number of aromatic hydroxyl groups is 1. The monoisotopic (exact) mass is 292 g/mol. The van der Waals surface area contributed by atoms with E-state index in [2.05, 4.69) is 0 Å². The summed E-state index contributed by atoms with van der Waals surface area (Å²) in [6.07, 6.45) is 1.44. The Morgan fingerprint density at radius 3 is 2.18 bits per heavy atom. The summed E-state index contributed by atoms with van der Waals surface area (Å²) in [6.45, 7) is 0. The van der Waals surface area contributed by atoms with Crippen molar-refractivity contribution in [1.82, 2.24) is 0 Å². The summed E-state index contributed by atoms with van der Waals surface area (Å²) in [5.74, 6) is 0.658. The molecular weight excluding hydrogens is 280 g/mol. The number of phenols is 1. The standard InChI is InChI=1S/C18H12O4/c19-10-12-5-7-14(8-6-12)22-18-16-4-2-1-3-15(16)13(11-20)9-17(18)21/h1-11,21H. The number of carbonyl (C=O) groups is 2.